The zero-order valence-corrected chi connectivity index (χ0v) is 7.99. The lowest BCUT2D eigenvalue weighted by molar-refractivity contribution is 0.194. The first-order valence-electron chi connectivity index (χ1n) is 3.95. The maximum absolute atomic E-state index is 13.3. The highest BCUT2D eigenvalue weighted by Gasteiger charge is 2.26. The maximum atomic E-state index is 13.3. The van der Waals surface area contributed by atoms with Crippen molar-refractivity contribution in [3.05, 3.63) is 15.6 Å². The molecule has 4 heteroatoms. The number of nitrogens with zero attached hydrogens (tertiary/aromatic N) is 2. The van der Waals surface area contributed by atoms with Crippen molar-refractivity contribution in [1.82, 2.24) is 9.88 Å². The number of rotatable bonds is 0. The topological polar surface area (TPSA) is 16.1 Å². The summed E-state index contributed by atoms with van der Waals surface area (Å²) >= 11 is 1.60. The van der Waals surface area contributed by atoms with Gasteiger partial charge >= 0.3 is 0 Å². The van der Waals surface area contributed by atoms with Crippen molar-refractivity contribution in [2.45, 2.75) is 19.6 Å². The van der Waals surface area contributed by atoms with Gasteiger partial charge in [-0.25, -0.2) is 9.37 Å². The Morgan fingerprint density at radius 1 is 1.67 bits per heavy atom. The minimum atomic E-state index is -0.885. The second kappa shape index (κ2) is 2.78. The molecule has 1 unspecified atom stereocenters. The first-order valence-corrected chi connectivity index (χ1v) is 4.77. The Morgan fingerprint density at radius 2 is 2.42 bits per heavy atom. The highest BCUT2D eigenvalue weighted by molar-refractivity contribution is 7.11. The van der Waals surface area contributed by atoms with Crippen LogP contribution in [-0.2, 0) is 6.54 Å². The van der Waals surface area contributed by atoms with Crippen LogP contribution in [0.15, 0.2) is 0 Å². The van der Waals surface area contributed by atoms with Gasteiger partial charge in [0, 0.05) is 18.0 Å². The largest absolute Gasteiger partial charge is 0.298 e. The van der Waals surface area contributed by atoms with E-state index in [-0.39, 0.29) is 0 Å². The van der Waals surface area contributed by atoms with E-state index in [4.69, 9.17) is 0 Å². The minimum absolute atomic E-state index is 0.482. The molecule has 1 aromatic rings. The fraction of sp³-hybridized carbons (Fsp3) is 0.625. The molecule has 0 spiro atoms. The SMILES string of the molecule is Cc1nc2c(s1)CN(C)CC2F. The van der Waals surface area contributed by atoms with Gasteiger partial charge in [-0.15, -0.1) is 11.3 Å². The molecule has 0 N–H and O–H groups in total. The van der Waals surface area contributed by atoms with E-state index in [1.165, 1.54) is 0 Å². The molecule has 0 aliphatic carbocycles. The predicted molar refractivity (Wildman–Crippen MR) is 47.0 cm³/mol. The van der Waals surface area contributed by atoms with Gasteiger partial charge in [-0.2, -0.15) is 0 Å². The average molecular weight is 186 g/mol. The molecule has 1 aromatic heterocycles. The number of fused-ring (bicyclic) bond motifs is 1. The van der Waals surface area contributed by atoms with E-state index < -0.39 is 6.17 Å². The lowest BCUT2D eigenvalue weighted by Crippen LogP contribution is -2.27. The third-order valence-electron chi connectivity index (χ3n) is 2.02. The van der Waals surface area contributed by atoms with Crippen LogP contribution in [0.2, 0.25) is 0 Å². The van der Waals surface area contributed by atoms with E-state index in [0.29, 0.717) is 12.2 Å². The van der Waals surface area contributed by atoms with Crippen LogP contribution in [0.4, 0.5) is 4.39 Å². The summed E-state index contributed by atoms with van der Waals surface area (Å²) in [6, 6.07) is 0. The molecule has 0 saturated heterocycles. The fourth-order valence-corrected chi connectivity index (χ4v) is 2.58. The molecule has 1 aliphatic rings. The van der Waals surface area contributed by atoms with E-state index in [1.54, 1.807) is 11.3 Å². The van der Waals surface area contributed by atoms with E-state index in [1.807, 2.05) is 18.9 Å². The van der Waals surface area contributed by atoms with E-state index in [9.17, 15) is 4.39 Å². The summed E-state index contributed by atoms with van der Waals surface area (Å²) < 4.78 is 13.3. The van der Waals surface area contributed by atoms with Crippen LogP contribution in [0.25, 0.3) is 0 Å². The van der Waals surface area contributed by atoms with Gasteiger partial charge < -0.3 is 0 Å². The monoisotopic (exact) mass is 186 g/mol. The number of alkyl halides is 1. The van der Waals surface area contributed by atoms with Gasteiger partial charge in [0.05, 0.1) is 10.7 Å². The number of hydrogen-bond donors (Lipinski definition) is 0. The summed E-state index contributed by atoms with van der Waals surface area (Å²) in [6.07, 6.45) is -0.885. The van der Waals surface area contributed by atoms with E-state index in [0.717, 1.165) is 16.4 Å². The molecule has 0 saturated carbocycles. The third-order valence-corrected chi connectivity index (χ3v) is 2.99. The lowest BCUT2D eigenvalue weighted by atomic mass is 10.1. The molecule has 0 amide bonds. The first-order chi connectivity index (χ1) is 5.66. The number of aryl methyl sites for hydroxylation is 1. The molecule has 2 nitrogen and oxygen atoms in total. The van der Waals surface area contributed by atoms with Crippen LogP contribution in [0.3, 0.4) is 0 Å². The Labute approximate surface area is 75.0 Å². The van der Waals surface area contributed by atoms with Crippen LogP contribution >= 0.6 is 11.3 Å². The van der Waals surface area contributed by atoms with E-state index >= 15 is 0 Å². The standard InChI is InChI=1S/C8H11FN2S/c1-5-10-8-6(9)3-11(2)4-7(8)12-5/h6H,3-4H2,1-2H3. The molecular formula is C8H11FN2S. The Morgan fingerprint density at radius 3 is 3.17 bits per heavy atom. The zero-order valence-electron chi connectivity index (χ0n) is 7.17. The smallest absolute Gasteiger partial charge is 0.156 e. The van der Waals surface area contributed by atoms with Crippen LogP contribution in [0, 0.1) is 6.92 Å². The van der Waals surface area contributed by atoms with Crippen LogP contribution in [0.5, 0.6) is 0 Å². The van der Waals surface area contributed by atoms with Crippen LogP contribution in [-0.4, -0.2) is 23.5 Å². The second-order valence-electron chi connectivity index (χ2n) is 3.21. The van der Waals surface area contributed by atoms with Crippen LogP contribution in [0.1, 0.15) is 21.8 Å². The number of halogens is 1. The number of likely N-dealkylation sites (N-methyl/N-ethyl adjacent to an activating group) is 1. The van der Waals surface area contributed by atoms with Crippen molar-refractivity contribution in [3.8, 4) is 0 Å². The van der Waals surface area contributed by atoms with Gasteiger partial charge in [0.25, 0.3) is 0 Å². The normalized spacial score (nSPS) is 24.1. The molecule has 0 fully saturated rings. The van der Waals surface area contributed by atoms with Gasteiger partial charge in [-0.05, 0) is 14.0 Å². The van der Waals surface area contributed by atoms with Crippen molar-refractivity contribution >= 4 is 11.3 Å². The first kappa shape index (κ1) is 8.13. The molecule has 2 heterocycles. The molecule has 0 bridgehead atoms. The van der Waals surface area contributed by atoms with Crippen molar-refractivity contribution in [2.24, 2.45) is 0 Å². The highest BCUT2D eigenvalue weighted by Crippen LogP contribution is 2.31. The molecular weight excluding hydrogens is 175 g/mol. The quantitative estimate of drug-likeness (QED) is 0.615. The Kier molecular flexibility index (Phi) is 1.88. The van der Waals surface area contributed by atoms with Gasteiger partial charge in [0.1, 0.15) is 0 Å². The highest BCUT2D eigenvalue weighted by atomic mass is 32.1. The van der Waals surface area contributed by atoms with Crippen molar-refractivity contribution in [1.29, 1.82) is 0 Å². The molecule has 12 heavy (non-hydrogen) atoms. The second-order valence-corrected chi connectivity index (χ2v) is 4.49. The summed E-state index contributed by atoms with van der Waals surface area (Å²) in [7, 11) is 1.94. The van der Waals surface area contributed by atoms with Gasteiger partial charge in [0.2, 0.25) is 0 Å². The Bertz CT molecular complexity index is 297. The summed E-state index contributed by atoms with van der Waals surface area (Å²) in [6.45, 7) is 3.26. The molecule has 66 valence electrons. The maximum Gasteiger partial charge on any atom is 0.156 e. The predicted octanol–water partition coefficient (Wildman–Crippen LogP) is 1.91. The summed E-state index contributed by atoms with van der Waals surface area (Å²) in [4.78, 5) is 7.27. The summed E-state index contributed by atoms with van der Waals surface area (Å²) in [5.74, 6) is 0. The summed E-state index contributed by atoms with van der Waals surface area (Å²) in [5.41, 5.74) is 0.676. The molecule has 2 rings (SSSR count). The van der Waals surface area contributed by atoms with Crippen molar-refractivity contribution in [2.75, 3.05) is 13.6 Å². The van der Waals surface area contributed by atoms with Gasteiger partial charge in [0.15, 0.2) is 6.17 Å². The number of aromatic nitrogens is 1. The number of hydrogen-bond acceptors (Lipinski definition) is 3. The van der Waals surface area contributed by atoms with E-state index in [2.05, 4.69) is 4.98 Å². The van der Waals surface area contributed by atoms with Crippen LogP contribution < -0.4 is 0 Å². The third kappa shape index (κ3) is 1.25. The van der Waals surface area contributed by atoms with Crippen molar-refractivity contribution in [3.63, 3.8) is 0 Å². The van der Waals surface area contributed by atoms with Gasteiger partial charge in [-0.3, -0.25) is 4.90 Å². The summed E-state index contributed by atoms with van der Waals surface area (Å²) in [5, 5.41) is 0.970. The lowest BCUT2D eigenvalue weighted by Gasteiger charge is -2.23. The van der Waals surface area contributed by atoms with Gasteiger partial charge in [-0.1, -0.05) is 0 Å². The molecule has 1 aliphatic heterocycles. The zero-order chi connectivity index (χ0) is 8.72. The Hall–Kier alpha value is -0.480. The number of thiazole rings is 1. The molecule has 1 atom stereocenters. The average Bonchev–Trinajstić information content (AvgIpc) is 2.29. The van der Waals surface area contributed by atoms with Crippen molar-refractivity contribution < 1.29 is 4.39 Å². The molecule has 0 aromatic carbocycles. The molecule has 0 radical (unpaired) electrons. The Balaban J connectivity index is 2.40. The minimum Gasteiger partial charge on any atom is -0.298 e. The fourth-order valence-electron chi connectivity index (χ4n) is 1.51.